The number of aromatic amines is 1. The van der Waals surface area contributed by atoms with Gasteiger partial charge in [-0.3, -0.25) is 0 Å². The number of aromatic nitrogens is 3. The van der Waals surface area contributed by atoms with Crippen molar-refractivity contribution in [3.8, 4) is 0 Å². The zero-order chi connectivity index (χ0) is 12.9. The number of nitrogens with zero attached hydrogens (tertiary/aromatic N) is 2. The number of halogens is 1. The molecule has 0 atom stereocenters. The topological polar surface area (TPSA) is 87.5 Å². The van der Waals surface area contributed by atoms with E-state index >= 15 is 0 Å². The van der Waals surface area contributed by atoms with Gasteiger partial charge in [-0.15, -0.1) is 0 Å². The molecule has 0 aliphatic carbocycles. The van der Waals surface area contributed by atoms with E-state index in [0.29, 0.717) is 21.4 Å². The van der Waals surface area contributed by atoms with Gasteiger partial charge >= 0.3 is 11.7 Å². The van der Waals surface area contributed by atoms with Gasteiger partial charge in [0.05, 0.1) is 11.0 Å². The molecule has 0 spiro atoms. The summed E-state index contributed by atoms with van der Waals surface area (Å²) in [4.78, 5) is 25.2. The molecule has 18 heavy (non-hydrogen) atoms. The van der Waals surface area contributed by atoms with Gasteiger partial charge in [-0.25, -0.2) is 9.59 Å². The van der Waals surface area contributed by atoms with Gasteiger partial charge in [0, 0.05) is 10.4 Å². The van der Waals surface area contributed by atoms with Crippen molar-refractivity contribution in [1.82, 2.24) is 14.6 Å². The van der Waals surface area contributed by atoms with E-state index in [2.05, 4.69) is 10.1 Å². The first-order valence-corrected chi connectivity index (χ1v) is 5.39. The molecule has 0 bridgehead atoms. The van der Waals surface area contributed by atoms with Crippen LogP contribution in [-0.4, -0.2) is 25.7 Å². The average Bonchev–Trinajstić information content (AvgIpc) is 2.76. The third-order valence-corrected chi connectivity index (χ3v) is 2.86. The number of hydrogen-bond donors (Lipinski definition) is 2. The number of fused-ring (bicyclic) bond motifs is 3. The molecule has 7 heteroatoms. The number of carbonyl (C=O) groups is 1. The molecule has 2 heterocycles. The fourth-order valence-electron chi connectivity index (χ4n) is 1.84. The molecule has 0 radical (unpaired) electrons. The van der Waals surface area contributed by atoms with E-state index < -0.39 is 11.7 Å². The van der Waals surface area contributed by atoms with Crippen LogP contribution in [0.3, 0.4) is 0 Å². The molecule has 0 unspecified atom stereocenters. The van der Waals surface area contributed by atoms with E-state index in [-0.39, 0.29) is 5.69 Å². The maximum absolute atomic E-state index is 11.7. The molecular formula is C11H6ClN3O3. The normalized spacial score (nSPS) is 11.2. The predicted molar refractivity (Wildman–Crippen MR) is 65.3 cm³/mol. The molecule has 0 aliphatic rings. The summed E-state index contributed by atoms with van der Waals surface area (Å²) in [5.74, 6) is -1.19. The van der Waals surface area contributed by atoms with Crippen molar-refractivity contribution in [2.75, 3.05) is 0 Å². The number of H-pyrrole nitrogens is 1. The zero-order valence-electron chi connectivity index (χ0n) is 8.85. The number of carboxylic acids is 1. The van der Waals surface area contributed by atoms with Gasteiger partial charge in [-0.1, -0.05) is 11.6 Å². The van der Waals surface area contributed by atoms with Gasteiger partial charge in [-0.05, 0) is 24.3 Å². The highest BCUT2D eigenvalue weighted by molar-refractivity contribution is 6.31. The first-order chi connectivity index (χ1) is 8.56. The van der Waals surface area contributed by atoms with Crippen molar-refractivity contribution in [1.29, 1.82) is 0 Å². The summed E-state index contributed by atoms with van der Waals surface area (Å²) in [7, 11) is 0. The second-order valence-electron chi connectivity index (χ2n) is 3.75. The highest BCUT2D eigenvalue weighted by Gasteiger charge is 2.13. The summed E-state index contributed by atoms with van der Waals surface area (Å²) in [6.45, 7) is 0. The van der Waals surface area contributed by atoms with Gasteiger partial charge in [-0.2, -0.15) is 9.61 Å². The Hall–Kier alpha value is -2.34. The largest absolute Gasteiger partial charge is 0.476 e. The SMILES string of the molecule is O=C(O)c1cc2c3cc(Cl)ccc3[nH]c(=O)n2n1. The second-order valence-corrected chi connectivity index (χ2v) is 4.19. The van der Waals surface area contributed by atoms with E-state index in [4.69, 9.17) is 16.7 Å². The summed E-state index contributed by atoms with van der Waals surface area (Å²) in [5.41, 5.74) is 0.308. The summed E-state index contributed by atoms with van der Waals surface area (Å²) >= 11 is 5.89. The molecule has 90 valence electrons. The lowest BCUT2D eigenvalue weighted by molar-refractivity contribution is 0.0690. The Morgan fingerprint density at radius 1 is 1.39 bits per heavy atom. The first-order valence-electron chi connectivity index (χ1n) is 5.01. The fourth-order valence-corrected chi connectivity index (χ4v) is 2.01. The number of nitrogens with one attached hydrogen (secondary N) is 1. The van der Waals surface area contributed by atoms with Crippen molar-refractivity contribution in [2.45, 2.75) is 0 Å². The van der Waals surface area contributed by atoms with Gasteiger partial charge in [0.25, 0.3) is 0 Å². The van der Waals surface area contributed by atoms with Crippen LogP contribution in [-0.2, 0) is 0 Å². The monoisotopic (exact) mass is 263 g/mol. The third kappa shape index (κ3) is 1.46. The molecule has 6 nitrogen and oxygen atoms in total. The predicted octanol–water partition coefficient (Wildman–Crippen LogP) is 1.53. The zero-order valence-corrected chi connectivity index (χ0v) is 9.60. The number of aromatic carboxylic acids is 1. The number of rotatable bonds is 1. The van der Waals surface area contributed by atoms with Crippen molar-refractivity contribution < 1.29 is 9.90 Å². The van der Waals surface area contributed by atoms with Crippen molar-refractivity contribution in [3.63, 3.8) is 0 Å². The molecule has 3 aromatic rings. The quantitative estimate of drug-likeness (QED) is 0.697. The van der Waals surface area contributed by atoms with Crippen LogP contribution in [0.25, 0.3) is 16.4 Å². The Morgan fingerprint density at radius 3 is 2.89 bits per heavy atom. The Labute approximate surface area is 104 Å². The standard InChI is InChI=1S/C11H6ClN3O3/c12-5-1-2-7-6(3-5)9-4-8(10(16)17)14-15(9)11(18)13-7/h1-4H,(H,13,18)(H,16,17). The number of carboxylic acid groups (broad SMARTS) is 1. The van der Waals surface area contributed by atoms with Crippen LogP contribution in [0.15, 0.2) is 29.1 Å². The van der Waals surface area contributed by atoms with Gasteiger partial charge in [0.1, 0.15) is 0 Å². The van der Waals surface area contributed by atoms with Crippen LogP contribution >= 0.6 is 11.6 Å². The molecule has 0 saturated carbocycles. The molecule has 1 aromatic carbocycles. The van der Waals surface area contributed by atoms with E-state index in [1.165, 1.54) is 6.07 Å². The molecule has 0 saturated heterocycles. The minimum atomic E-state index is -1.19. The van der Waals surface area contributed by atoms with Crippen LogP contribution < -0.4 is 5.69 Å². The van der Waals surface area contributed by atoms with Gasteiger partial charge < -0.3 is 10.1 Å². The van der Waals surface area contributed by atoms with Crippen LogP contribution in [0.4, 0.5) is 0 Å². The molecule has 2 aromatic heterocycles. The summed E-state index contributed by atoms with van der Waals surface area (Å²) in [5, 5.41) is 13.7. The van der Waals surface area contributed by atoms with E-state index in [0.717, 1.165) is 4.52 Å². The lowest BCUT2D eigenvalue weighted by Gasteiger charge is -2.00. The van der Waals surface area contributed by atoms with Crippen LogP contribution in [0.2, 0.25) is 5.02 Å². The minimum absolute atomic E-state index is 0.187. The highest BCUT2D eigenvalue weighted by Crippen LogP contribution is 2.21. The van der Waals surface area contributed by atoms with E-state index in [9.17, 15) is 9.59 Å². The molecule has 0 amide bonds. The minimum Gasteiger partial charge on any atom is -0.476 e. The Morgan fingerprint density at radius 2 is 2.17 bits per heavy atom. The summed E-state index contributed by atoms with van der Waals surface area (Å²) < 4.78 is 1.02. The summed E-state index contributed by atoms with van der Waals surface area (Å²) in [6, 6.07) is 6.29. The van der Waals surface area contributed by atoms with Crippen LogP contribution in [0, 0.1) is 0 Å². The highest BCUT2D eigenvalue weighted by atomic mass is 35.5. The van der Waals surface area contributed by atoms with E-state index in [1.807, 2.05) is 0 Å². The third-order valence-electron chi connectivity index (χ3n) is 2.62. The van der Waals surface area contributed by atoms with Gasteiger partial charge in [0.2, 0.25) is 0 Å². The average molecular weight is 264 g/mol. The lowest BCUT2D eigenvalue weighted by atomic mass is 10.2. The van der Waals surface area contributed by atoms with Crippen molar-refractivity contribution in [2.24, 2.45) is 0 Å². The lowest BCUT2D eigenvalue weighted by Crippen LogP contribution is -2.17. The van der Waals surface area contributed by atoms with E-state index in [1.54, 1.807) is 18.2 Å². The maximum atomic E-state index is 11.7. The van der Waals surface area contributed by atoms with Gasteiger partial charge in [0.15, 0.2) is 5.69 Å². The maximum Gasteiger partial charge on any atom is 0.356 e. The van der Waals surface area contributed by atoms with Crippen LogP contribution in [0.5, 0.6) is 0 Å². The second kappa shape index (κ2) is 3.58. The Kier molecular flexibility index (Phi) is 2.14. The fraction of sp³-hybridized carbons (Fsp3) is 0. The number of benzene rings is 1. The Balaban J connectivity index is 2.55. The summed E-state index contributed by atoms with van der Waals surface area (Å²) in [6.07, 6.45) is 0. The van der Waals surface area contributed by atoms with Crippen LogP contribution in [0.1, 0.15) is 10.5 Å². The Bertz CT molecular complexity index is 850. The smallest absolute Gasteiger partial charge is 0.356 e. The molecular weight excluding hydrogens is 258 g/mol. The molecule has 0 fully saturated rings. The molecule has 0 aliphatic heterocycles. The number of hydrogen-bond acceptors (Lipinski definition) is 3. The van der Waals surface area contributed by atoms with Crippen molar-refractivity contribution in [3.05, 3.63) is 45.5 Å². The first kappa shape index (κ1) is 10.8. The molecule has 3 rings (SSSR count). The molecule has 2 N–H and O–H groups in total. The van der Waals surface area contributed by atoms with Crippen molar-refractivity contribution >= 4 is 34.0 Å².